The van der Waals surface area contributed by atoms with Gasteiger partial charge in [-0.25, -0.2) is 4.79 Å². The van der Waals surface area contributed by atoms with Crippen molar-refractivity contribution in [3.05, 3.63) is 95.6 Å². The number of carbonyl (C=O) groups excluding carboxylic acids is 4. The van der Waals surface area contributed by atoms with Gasteiger partial charge >= 0.3 is 18.0 Å². The molecule has 0 fully saturated rings. The number of benzene rings is 3. The Bertz CT molecular complexity index is 2350. The molecule has 0 bridgehead atoms. The number of methoxy groups -OCH3 is 2. The van der Waals surface area contributed by atoms with Crippen molar-refractivity contribution in [3.63, 3.8) is 0 Å². The number of amides is 2. The molecule has 3 aromatic carbocycles. The van der Waals surface area contributed by atoms with Crippen LogP contribution in [-0.4, -0.2) is 81.5 Å². The highest BCUT2D eigenvalue weighted by atomic mass is 16.6. The first-order chi connectivity index (χ1) is 40.1. The smallest absolute Gasteiger partial charge is 0.407 e. The topological polar surface area (TPSA) is 176 Å². The zero-order valence-corrected chi connectivity index (χ0v) is 56.6. The molecule has 3 rings (SSSR count). The molecule has 0 aliphatic carbocycles. The molecule has 8 unspecified atom stereocenters. The van der Waals surface area contributed by atoms with Gasteiger partial charge in [-0.05, 0) is 157 Å². The molecule has 13 heteroatoms. The number of ketones is 1. The number of esters is 1. The third-order valence-electron chi connectivity index (χ3n) is 16.4. The maximum atomic E-state index is 14.6. The molecule has 0 radical (unpaired) electrons. The lowest BCUT2D eigenvalue weighted by Gasteiger charge is -2.37. The Hall–Kier alpha value is -5.43. The summed E-state index contributed by atoms with van der Waals surface area (Å²) in [5, 5.41) is 15.5. The highest BCUT2D eigenvalue weighted by Crippen LogP contribution is 2.43. The minimum absolute atomic E-state index is 0.0201. The molecule has 3 N–H and O–H groups in total. The van der Waals surface area contributed by atoms with E-state index in [0.29, 0.717) is 42.6 Å². The van der Waals surface area contributed by atoms with Crippen molar-refractivity contribution >= 4 is 29.7 Å². The van der Waals surface area contributed by atoms with Gasteiger partial charge < -0.3 is 39.4 Å². The van der Waals surface area contributed by atoms with E-state index in [1.807, 2.05) is 78.9 Å². The zero-order valence-electron chi connectivity index (χ0n) is 56.6. The molecule has 0 heterocycles. The van der Waals surface area contributed by atoms with E-state index in [1.165, 1.54) is 0 Å². The summed E-state index contributed by atoms with van der Waals surface area (Å²) in [5.41, 5.74) is 1.84. The zero-order chi connectivity index (χ0) is 64.5. The van der Waals surface area contributed by atoms with Crippen LogP contribution in [0.15, 0.2) is 78.9 Å². The normalized spacial score (nSPS) is 15.2. The third-order valence-corrected chi connectivity index (χ3v) is 16.4. The second-order valence-corrected chi connectivity index (χ2v) is 30.0. The van der Waals surface area contributed by atoms with Crippen molar-refractivity contribution < 1.29 is 52.8 Å². The van der Waals surface area contributed by atoms with E-state index in [4.69, 9.17) is 23.7 Å². The van der Waals surface area contributed by atoms with Gasteiger partial charge in [0.25, 0.3) is 0 Å². The summed E-state index contributed by atoms with van der Waals surface area (Å²) in [4.78, 5) is 67.3. The highest BCUT2D eigenvalue weighted by Gasteiger charge is 2.39. The molecular formula is C73H116N2O11. The van der Waals surface area contributed by atoms with Gasteiger partial charge in [-0.15, -0.1) is 0 Å². The maximum Gasteiger partial charge on any atom is 0.407 e. The Labute approximate surface area is 520 Å². The maximum absolute atomic E-state index is 14.6. The fourth-order valence-electron chi connectivity index (χ4n) is 12.9. The van der Waals surface area contributed by atoms with E-state index < -0.39 is 29.7 Å². The molecule has 13 nitrogen and oxygen atoms in total. The van der Waals surface area contributed by atoms with Crippen molar-refractivity contribution in [2.75, 3.05) is 40.5 Å². The van der Waals surface area contributed by atoms with Crippen molar-refractivity contribution in [1.29, 1.82) is 0 Å². The lowest BCUT2D eigenvalue weighted by Crippen LogP contribution is -2.42. The van der Waals surface area contributed by atoms with Gasteiger partial charge in [0.15, 0.2) is 0 Å². The quantitative estimate of drug-likeness (QED) is 0.0283. The molecule has 484 valence electrons. The largest absolute Gasteiger partial charge is 0.497 e. The predicted octanol–water partition coefficient (Wildman–Crippen LogP) is 16.8. The Morgan fingerprint density at radius 1 is 0.512 bits per heavy atom. The van der Waals surface area contributed by atoms with Crippen LogP contribution in [0.1, 0.15) is 224 Å². The van der Waals surface area contributed by atoms with E-state index in [-0.39, 0.29) is 115 Å². The number of nitrogens with one attached hydrogen (secondary N) is 2. The van der Waals surface area contributed by atoms with E-state index >= 15 is 0 Å². The molecule has 86 heavy (non-hydrogen) atoms. The summed E-state index contributed by atoms with van der Waals surface area (Å²) in [6.45, 7) is 36.3. The molecule has 0 saturated heterocycles. The molecular weight excluding hydrogens is 1080 g/mol. The minimum Gasteiger partial charge on any atom is -0.497 e. The second kappa shape index (κ2) is 35.5. The summed E-state index contributed by atoms with van der Waals surface area (Å²) < 4.78 is 30.3. The van der Waals surface area contributed by atoms with Crippen LogP contribution in [0.4, 0.5) is 4.79 Å². The number of carboxylic acid groups (broad SMARTS) is 1. The number of ether oxygens (including phenoxy) is 5. The lowest BCUT2D eigenvalue weighted by atomic mass is 9.74. The molecule has 0 aromatic heterocycles. The van der Waals surface area contributed by atoms with E-state index in [9.17, 15) is 29.1 Å². The summed E-state index contributed by atoms with van der Waals surface area (Å²) in [7, 11) is 3.24. The van der Waals surface area contributed by atoms with Crippen molar-refractivity contribution in [3.8, 4) is 11.5 Å². The molecule has 2 amide bonds. The average Bonchev–Trinajstić information content (AvgIpc) is 0.872. The van der Waals surface area contributed by atoms with E-state index in [2.05, 4.69) is 121 Å². The number of hydrogen-bond acceptors (Lipinski definition) is 10. The van der Waals surface area contributed by atoms with Gasteiger partial charge in [-0.3, -0.25) is 19.2 Å². The number of carboxylic acids is 1. The number of hydrogen-bond donors (Lipinski definition) is 3. The van der Waals surface area contributed by atoms with Gasteiger partial charge in [0.05, 0.1) is 46.8 Å². The van der Waals surface area contributed by atoms with Gasteiger partial charge in [0.1, 0.15) is 29.0 Å². The fourth-order valence-corrected chi connectivity index (χ4v) is 12.9. The van der Waals surface area contributed by atoms with Crippen LogP contribution in [0, 0.1) is 63.1 Å². The van der Waals surface area contributed by atoms with Crippen LogP contribution in [0.5, 0.6) is 11.5 Å². The Morgan fingerprint density at radius 3 is 1.47 bits per heavy atom. The number of carbonyl (C=O) groups is 5. The number of unbranched alkanes of at least 4 members (excludes halogenated alkanes) is 1. The highest BCUT2D eigenvalue weighted by molar-refractivity contribution is 5.81. The predicted molar refractivity (Wildman–Crippen MR) is 347 cm³/mol. The summed E-state index contributed by atoms with van der Waals surface area (Å²) in [6.07, 6.45) is 7.55. The number of alkyl carbamates (subject to hydrolysis) is 1. The molecule has 0 aliphatic heterocycles. The summed E-state index contributed by atoms with van der Waals surface area (Å²) >= 11 is 0. The fraction of sp³-hybridized carbons (Fsp3) is 0.685. The van der Waals surface area contributed by atoms with Crippen LogP contribution in [0.3, 0.4) is 0 Å². The molecule has 3 aromatic rings. The van der Waals surface area contributed by atoms with Gasteiger partial charge in [-0.2, -0.15) is 0 Å². The lowest BCUT2D eigenvalue weighted by molar-refractivity contribution is -0.149. The van der Waals surface area contributed by atoms with Crippen molar-refractivity contribution in [1.82, 2.24) is 10.6 Å². The molecule has 8 atom stereocenters. The van der Waals surface area contributed by atoms with Gasteiger partial charge in [0.2, 0.25) is 5.91 Å². The van der Waals surface area contributed by atoms with Gasteiger partial charge in [0, 0.05) is 30.7 Å². The Balaban J connectivity index is 1.91. The monoisotopic (exact) mass is 1200 g/mol. The molecule has 0 saturated carbocycles. The average molecular weight is 1200 g/mol. The first kappa shape index (κ1) is 74.8. The molecule has 0 aliphatic rings. The van der Waals surface area contributed by atoms with Crippen LogP contribution < -0.4 is 20.1 Å². The van der Waals surface area contributed by atoms with E-state index in [1.54, 1.807) is 14.2 Å². The number of rotatable bonds is 38. The third kappa shape index (κ3) is 28.6. The van der Waals surface area contributed by atoms with E-state index in [0.717, 1.165) is 68.1 Å². The number of Topliss-reactive ketones (excluding diaryl/α,β-unsaturated/α-hetero) is 1. The van der Waals surface area contributed by atoms with Crippen molar-refractivity contribution in [2.45, 2.75) is 219 Å². The van der Waals surface area contributed by atoms with Crippen LogP contribution in [-0.2, 0) is 39.0 Å². The standard InChI is InChI=1S/C73H116N2O11/c1-51(44-69(5,6)7)27-38-62(53(3)46-71(11,12)13)64(76)40-37-61(48-75-67(80)63(54(4)47-72(14,15)16)39-28-52(2)45-70(8,9)10)86-68(81)74-43-23-22-24-55(49-84-66(79)42-41-65(77)78)50-85-73(56-25-20-19-21-26-56,57-29-33-59(82-17)34-30-57)58-31-35-60(83-18)36-32-58/h19-21,25-26,29-36,51-55,61-63H,22-24,27-28,37-50H2,1-18H3,(H,74,81)(H,75,80)(H,77,78). The Morgan fingerprint density at radius 2 is 0.988 bits per heavy atom. The van der Waals surface area contributed by atoms with Crippen molar-refractivity contribution in [2.24, 2.45) is 63.1 Å². The number of aliphatic carboxylic acids is 1. The van der Waals surface area contributed by atoms with Crippen LogP contribution >= 0.6 is 0 Å². The first-order valence-corrected chi connectivity index (χ1v) is 32.2. The Kier molecular flexibility index (Phi) is 30.9. The first-order valence-electron chi connectivity index (χ1n) is 32.2. The second-order valence-electron chi connectivity index (χ2n) is 30.0. The minimum atomic E-state index is -1.14. The van der Waals surface area contributed by atoms with Gasteiger partial charge in [-0.1, -0.05) is 172 Å². The summed E-state index contributed by atoms with van der Waals surface area (Å²) in [5.74, 6) is 0.284. The van der Waals surface area contributed by atoms with Crippen LogP contribution in [0.25, 0.3) is 0 Å². The molecule has 0 spiro atoms. The van der Waals surface area contributed by atoms with Crippen LogP contribution in [0.2, 0.25) is 0 Å². The summed E-state index contributed by atoms with van der Waals surface area (Å²) in [6, 6.07) is 25.4. The SMILES string of the molecule is COc1ccc(C(OCC(CCCCNC(=O)OC(CCC(=O)C(CCC(C)CC(C)(C)C)C(C)CC(C)(C)C)CNC(=O)C(CCC(C)CC(C)(C)C)C(C)CC(C)(C)C)COC(=O)CCC(=O)O)(c2ccccc2)c2ccc(OC)cc2)cc1.